The third-order valence-corrected chi connectivity index (χ3v) is 4.05. The number of halogens is 2. The lowest BCUT2D eigenvalue weighted by molar-refractivity contribution is 0.257. The molecular weight excluding hydrogens is 259 g/mol. The summed E-state index contributed by atoms with van der Waals surface area (Å²) in [6.45, 7) is 2.13. The van der Waals surface area contributed by atoms with E-state index in [0.717, 1.165) is 36.7 Å². The molecular formula is C12H16ClFN2O2. The van der Waals surface area contributed by atoms with Gasteiger partial charge in [0, 0.05) is 6.04 Å². The van der Waals surface area contributed by atoms with Gasteiger partial charge in [-0.25, -0.2) is 4.79 Å². The first-order valence-electron chi connectivity index (χ1n) is 6.24. The van der Waals surface area contributed by atoms with Gasteiger partial charge in [0.1, 0.15) is 0 Å². The van der Waals surface area contributed by atoms with Crippen LogP contribution in [0.3, 0.4) is 0 Å². The van der Waals surface area contributed by atoms with Crippen molar-refractivity contribution in [3.05, 3.63) is 31.8 Å². The molecule has 0 spiro atoms. The predicted octanol–water partition coefficient (Wildman–Crippen LogP) is 2.47. The number of hydrogen-bond acceptors (Lipinski definition) is 2. The van der Waals surface area contributed by atoms with Crippen molar-refractivity contribution in [2.24, 2.45) is 5.92 Å². The Bertz CT molecular complexity index is 544. The summed E-state index contributed by atoms with van der Waals surface area (Å²) in [6, 6.07) is -0.212. The van der Waals surface area contributed by atoms with Crippen LogP contribution in [0.4, 0.5) is 4.39 Å². The minimum atomic E-state index is -1.08. The molecule has 1 aromatic heterocycles. The van der Waals surface area contributed by atoms with Crippen LogP contribution in [0.2, 0.25) is 5.15 Å². The van der Waals surface area contributed by atoms with Crippen LogP contribution < -0.4 is 11.2 Å². The third-order valence-electron chi connectivity index (χ3n) is 3.79. The van der Waals surface area contributed by atoms with Crippen molar-refractivity contribution in [1.82, 2.24) is 9.55 Å². The van der Waals surface area contributed by atoms with Crippen LogP contribution in [0.25, 0.3) is 0 Å². The van der Waals surface area contributed by atoms with Gasteiger partial charge in [-0.05, 0) is 31.6 Å². The standard InChI is InChI=1S/C12H16ClFN2O2/c1-2-7-3-5-8(6-4-7)16-11(17)9(14)10(13)15-12(16)18/h7-8H,2-6H2,1H3,(H,15,18). The second-order valence-corrected chi connectivity index (χ2v) is 5.19. The molecule has 6 heteroatoms. The lowest BCUT2D eigenvalue weighted by atomic mass is 9.84. The Morgan fingerprint density at radius 1 is 1.33 bits per heavy atom. The molecule has 18 heavy (non-hydrogen) atoms. The molecule has 1 aliphatic rings. The Labute approximate surface area is 109 Å². The highest BCUT2D eigenvalue weighted by Gasteiger charge is 2.25. The summed E-state index contributed by atoms with van der Waals surface area (Å²) in [4.78, 5) is 25.6. The zero-order valence-electron chi connectivity index (χ0n) is 10.2. The number of aromatic amines is 1. The maximum atomic E-state index is 13.4. The second-order valence-electron chi connectivity index (χ2n) is 4.82. The second kappa shape index (κ2) is 5.26. The maximum absolute atomic E-state index is 13.4. The van der Waals surface area contributed by atoms with E-state index in [4.69, 9.17) is 11.6 Å². The molecule has 0 aromatic carbocycles. The highest BCUT2D eigenvalue weighted by atomic mass is 35.5. The molecule has 2 rings (SSSR count). The fourth-order valence-electron chi connectivity index (χ4n) is 2.64. The maximum Gasteiger partial charge on any atom is 0.329 e. The van der Waals surface area contributed by atoms with Crippen molar-refractivity contribution in [2.75, 3.05) is 0 Å². The van der Waals surface area contributed by atoms with Crippen molar-refractivity contribution in [3.8, 4) is 0 Å². The third kappa shape index (κ3) is 2.36. The van der Waals surface area contributed by atoms with Crippen LogP contribution in [0.15, 0.2) is 9.59 Å². The minimum Gasteiger partial charge on any atom is -0.295 e. The van der Waals surface area contributed by atoms with E-state index in [1.54, 1.807) is 0 Å². The van der Waals surface area contributed by atoms with Gasteiger partial charge in [0.05, 0.1) is 0 Å². The summed E-state index contributed by atoms with van der Waals surface area (Å²) in [5.74, 6) is -0.429. The zero-order valence-corrected chi connectivity index (χ0v) is 11.0. The molecule has 1 saturated carbocycles. The van der Waals surface area contributed by atoms with E-state index in [-0.39, 0.29) is 6.04 Å². The molecule has 0 saturated heterocycles. The Balaban J connectivity index is 2.33. The van der Waals surface area contributed by atoms with Gasteiger partial charge in [-0.2, -0.15) is 4.39 Å². The molecule has 0 aliphatic heterocycles. The molecule has 0 unspecified atom stereocenters. The van der Waals surface area contributed by atoms with E-state index in [1.165, 1.54) is 0 Å². The largest absolute Gasteiger partial charge is 0.329 e. The Kier molecular flexibility index (Phi) is 3.90. The van der Waals surface area contributed by atoms with Crippen molar-refractivity contribution in [2.45, 2.75) is 45.1 Å². The summed E-state index contributed by atoms with van der Waals surface area (Å²) in [6.07, 6.45) is 4.52. The molecule has 1 aromatic rings. The van der Waals surface area contributed by atoms with Crippen LogP contribution in [-0.4, -0.2) is 9.55 Å². The fraction of sp³-hybridized carbons (Fsp3) is 0.667. The summed E-state index contributed by atoms with van der Waals surface area (Å²) in [7, 11) is 0. The molecule has 0 atom stereocenters. The Morgan fingerprint density at radius 2 is 1.94 bits per heavy atom. The molecule has 1 aliphatic carbocycles. The number of nitrogens with zero attached hydrogens (tertiary/aromatic N) is 1. The van der Waals surface area contributed by atoms with Crippen LogP contribution in [0, 0.1) is 11.7 Å². The van der Waals surface area contributed by atoms with Crippen molar-refractivity contribution >= 4 is 11.6 Å². The average molecular weight is 275 g/mol. The predicted molar refractivity (Wildman–Crippen MR) is 67.6 cm³/mol. The van der Waals surface area contributed by atoms with Crippen molar-refractivity contribution < 1.29 is 4.39 Å². The molecule has 1 heterocycles. The van der Waals surface area contributed by atoms with Crippen LogP contribution in [0.1, 0.15) is 45.1 Å². The van der Waals surface area contributed by atoms with Crippen molar-refractivity contribution in [1.29, 1.82) is 0 Å². The van der Waals surface area contributed by atoms with E-state index >= 15 is 0 Å². The van der Waals surface area contributed by atoms with Crippen LogP contribution in [-0.2, 0) is 0 Å². The highest BCUT2D eigenvalue weighted by molar-refractivity contribution is 6.29. The smallest absolute Gasteiger partial charge is 0.295 e. The van der Waals surface area contributed by atoms with Gasteiger partial charge in [0.15, 0.2) is 5.15 Å². The molecule has 1 fully saturated rings. The molecule has 1 N–H and O–H groups in total. The highest BCUT2D eigenvalue weighted by Crippen LogP contribution is 2.32. The summed E-state index contributed by atoms with van der Waals surface area (Å²) in [5.41, 5.74) is -1.53. The average Bonchev–Trinajstić information content (AvgIpc) is 2.37. The summed E-state index contributed by atoms with van der Waals surface area (Å²) >= 11 is 5.43. The fourth-order valence-corrected chi connectivity index (χ4v) is 2.81. The first-order chi connectivity index (χ1) is 8.54. The number of H-pyrrole nitrogens is 1. The van der Waals surface area contributed by atoms with Gasteiger partial charge in [0.2, 0.25) is 5.82 Å². The SMILES string of the molecule is CCC1CCC(n2c(=O)[nH]c(Cl)c(F)c2=O)CC1. The molecule has 0 bridgehead atoms. The van der Waals surface area contributed by atoms with Gasteiger partial charge in [-0.15, -0.1) is 0 Å². The number of hydrogen-bond donors (Lipinski definition) is 1. The number of rotatable bonds is 2. The Hall–Kier alpha value is -1.10. The van der Waals surface area contributed by atoms with E-state index in [0.29, 0.717) is 5.92 Å². The van der Waals surface area contributed by atoms with Crippen molar-refractivity contribution in [3.63, 3.8) is 0 Å². The van der Waals surface area contributed by atoms with Crippen LogP contribution in [0.5, 0.6) is 0 Å². The van der Waals surface area contributed by atoms with E-state index in [2.05, 4.69) is 11.9 Å². The topological polar surface area (TPSA) is 54.9 Å². The van der Waals surface area contributed by atoms with Gasteiger partial charge in [-0.3, -0.25) is 14.3 Å². The van der Waals surface area contributed by atoms with Gasteiger partial charge < -0.3 is 0 Å². The van der Waals surface area contributed by atoms with Gasteiger partial charge >= 0.3 is 5.69 Å². The zero-order chi connectivity index (χ0) is 13.3. The quantitative estimate of drug-likeness (QED) is 0.843. The van der Waals surface area contributed by atoms with E-state index < -0.39 is 22.2 Å². The van der Waals surface area contributed by atoms with Gasteiger partial charge in [0.25, 0.3) is 5.56 Å². The first kappa shape index (κ1) is 13.3. The molecule has 0 amide bonds. The van der Waals surface area contributed by atoms with E-state index in [1.807, 2.05) is 0 Å². The number of aromatic nitrogens is 2. The normalized spacial score (nSPS) is 24.2. The van der Waals surface area contributed by atoms with Gasteiger partial charge in [-0.1, -0.05) is 24.9 Å². The molecule has 100 valence electrons. The van der Waals surface area contributed by atoms with E-state index in [9.17, 15) is 14.0 Å². The summed E-state index contributed by atoms with van der Waals surface area (Å²) in [5, 5.41) is -0.511. The molecule has 0 radical (unpaired) electrons. The minimum absolute atomic E-state index is 0.212. The van der Waals surface area contributed by atoms with Crippen LogP contribution >= 0.6 is 11.6 Å². The first-order valence-corrected chi connectivity index (χ1v) is 6.62. The Morgan fingerprint density at radius 3 is 2.50 bits per heavy atom. The lowest BCUT2D eigenvalue weighted by Gasteiger charge is -2.28. The number of nitrogens with one attached hydrogen (secondary N) is 1. The lowest BCUT2D eigenvalue weighted by Crippen LogP contribution is -2.41. The molecule has 4 nitrogen and oxygen atoms in total. The summed E-state index contributed by atoms with van der Waals surface area (Å²) < 4.78 is 14.4. The monoisotopic (exact) mass is 274 g/mol.